The summed E-state index contributed by atoms with van der Waals surface area (Å²) in [6.45, 7) is -0.217. The van der Waals surface area contributed by atoms with Gasteiger partial charge in [0.2, 0.25) is 0 Å². The van der Waals surface area contributed by atoms with Crippen LogP contribution in [-0.4, -0.2) is 19.5 Å². The van der Waals surface area contributed by atoms with E-state index in [1.165, 1.54) is 12.1 Å². The van der Waals surface area contributed by atoms with Crippen LogP contribution in [0.3, 0.4) is 0 Å². The summed E-state index contributed by atoms with van der Waals surface area (Å²) in [6.07, 6.45) is 0. The number of carbonyl (C=O) groups is 1. The van der Waals surface area contributed by atoms with Crippen LogP contribution in [0.15, 0.2) is 46.9 Å². The van der Waals surface area contributed by atoms with Crippen molar-refractivity contribution < 1.29 is 18.7 Å². The molecule has 0 unspecified atom stereocenters. The van der Waals surface area contributed by atoms with Crippen LogP contribution in [0.1, 0.15) is 10.4 Å². The van der Waals surface area contributed by atoms with Crippen LogP contribution >= 0.6 is 15.9 Å². The normalized spacial score (nSPS) is 10.2. The molecule has 20 heavy (non-hydrogen) atoms. The third kappa shape index (κ3) is 3.57. The van der Waals surface area contributed by atoms with Crippen molar-refractivity contribution in [1.29, 1.82) is 0 Å². The van der Waals surface area contributed by atoms with Gasteiger partial charge in [-0.15, -0.1) is 0 Å². The highest BCUT2D eigenvalue weighted by Crippen LogP contribution is 2.21. The Bertz CT molecular complexity index is 611. The lowest BCUT2D eigenvalue weighted by Crippen LogP contribution is -2.12. The Morgan fingerprint density at radius 1 is 1.20 bits per heavy atom. The minimum absolute atomic E-state index is 0.0510. The Balaban J connectivity index is 2.00. The predicted molar refractivity (Wildman–Crippen MR) is 76.9 cm³/mol. The second kappa shape index (κ2) is 6.52. The molecule has 0 amide bonds. The van der Waals surface area contributed by atoms with E-state index in [1.807, 2.05) is 0 Å². The highest BCUT2D eigenvalue weighted by molar-refractivity contribution is 9.10. The van der Waals surface area contributed by atoms with Gasteiger partial charge in [0.1, 0.15) is 5.75 Å². The van der Waals surface area contributed by atoms with Gasteiger partial charge in [0.15, 0.2) is 24.0 Å². The summed E-state index contributed by atoms with van der Waals surface area (Å²) in [5.74, 6) is -0.0200. The Hall–Kier alpha value is -1.88. The summed E-state index contributed by atoms with van der Waals surface area (Å²) in [5, 5.41) is 0. The molecule has 2 rings (SSSR count). The number of halogens is 2. The van der Waals surface area contributed by atoms with Crippen molar-refractivity contribution in [2.75, 3.05) is 13.7 Å². The molecule has 2 aromatic carbocycles. The molecule has 0 heterocycles. The first kappa shape index (κ1) is 14.5. The minimum Gasteiger partial charge on any atom is -0.497 e. The number of methoxy groups -OCH3 is 1. The average molecular weight is 339 g/mol. The maximum atomic E-state index is 13.5. The molecule has 0 spiro atoms. The largest absolute Gasteiger partial charge is 0.497 e. The molecule has 0 bridgehead atoms. The van der Waals surface area contributed by atoms with Gasteiger partial charge in [-0.2, -0.15) is 0 Å². The third-order valence-electron chi connectivity index (χ3n) is 2.66. The Morgan fingerprint density at radius 2 is 1.90 bits per heavy atom. The molecule has 104 valence electrons. The van der Waals surface area contributed by atoms with E-state index >= 15 is 0 Å². The molecular formula is C15H12BrFO3. The SMILES string of the molecule is COc1ccc(C(=O)COc2ccc(Br)cc2F)cc1. The number of hydrogen-bond donors (Lipinski definition) is 0. The van der Waals surface area contributed by atoms with E-state index in [0.717, 1.165) is 0 Å². The molecular weight excluding hydrogens is 327 g/mol. The van der Waals surface area contributed by atoms with Crippen molar-refractivity contribution in [3.63, 3.8) is 0 Å². The fourth-order valence-corrected chi connectivity index (χ4v) is 1.93. The van der Waals surface area contributed by atoms with Crippen LogP contribution < -0.4 is 9.47 Å². The number of ketones is 1. The maximum Gasteiger partial charge on any atom is 0.200 e. The summed E-state index contributed by atoms with van der Waals surface area (Å²) in [4.78, 5) is 11.9. The van der Waals surface area contributed by atoms with E-state index in [4.69, 9.17) is 9.47 Å². The number of Topliss-reactive ketones (excluding diaryl/α,β-unsaturated/α-hetero) is 1. The molecule has 3 nitrogen and oxygen atoms in total. The van der Waals surface area contributed by atoms with Crippen molar-refractivity contribution in [2.45, 2.75) is 0 Å². The van der Waals surface area contributed by atoms with Crippen molar-refractivity contribution in [2.24, 2.45) is 0 Å². The molecule has 0 N–H and O–H groups in total. The fourth-order valence-electron chi connectivity index (χ4n) is 1.60. The lowest BCUT2D eigenvalue weighted by atomic mass is 10.1. The standard InChI is InChI=1S/C15H12BrFO3/c1-19-12-5-2-10(3-6-12)14(18)9-20-15-7-4-11(16)8-13(15)17/h2-8H,9H2,1H3. The number of benzene rings is 2. The average Bonchev–Trinajstić information content (AvgIpc) is 2.46. The Kier molecular flexibility index (Phi) is 4.74. The highest BCUT2D eigenvalue weighted by atomic mass is 79.9. The van der Waals surface area contributed by atoms with Gasteiger partial charge in [0, 0.05) is 10.0 Å². The summed E-state index contributed by atoms with van der Waals surface area (Å²) in [5.41, 5.74) is 0.489. The second-order valence-electron chi connectivity index (χ2n) is 4.02. The van der Waals surface area contributed by atoms with E-state index in [0.29, 0.717) is 15.8 Å². The van der Waals surface area contributed by atoms with Gasteiger partial charge in [-0.3, -0.25) is 4.79 Å². The van der Waals surface area contributed by atoms with Crippen molar-refractivity contribution in [3.05, 3.63) is 58.3 Å². The third-order valence-corrected chi connectivity index (χ3v) is 3.16. The molecule has 0 aromatic heterocycles. The molecule has 2 aromatic rings. The van der Waals surface area contributed by atoms with Crippen LogP contribution in [0.25, 0.3) is 0 Å². The fraction of sp³-hybridized carbons (Fsp3) is 0.133. The topological polar surface area (TPSA) is 35.5 Å². The van der Waals surface area contributed by atoms with E-state index in [9.17, 15) is 9.18 Å². The monoisotopic (exact) mass is 338 g/mol. The Labute approximate surface area is 124 Å². The highest BCUT2D eigenvalue weighted by Gasteiger charge is 2.09. The molecule has 0 aliphatic heterocycles. The van der Waals surface area contributed by atoms with Gasteiger partial charge < -0.3 is 9.47 Å². The summed E-state index contributed by atoms with van der Waals surface area (Å²) in [6, 6.07) is 11.1. The first-order valence-corrected chi connectivity index (χ1v) is 6.64. The zero-order chi connectivity index (χ0) is 14.5. The van der Waals surface area contributed by atoms with Gasteiger partial charge in [0.25, 0.3) is 0 Å². The maximum absolute atomic E-state index is 13.5. The van der Waals surface area contributed by atoms with Crippen molar-refractivity contribution in [3.8, 4) is 11.5 Å². The molecule has 0 atom stereocenters. The minimum atomic E-state index is -0.512. The van der Waals surface area contributed by atoms with E-state index in [2.05, 4.69) is 15.9 Å². The molecule has 5 heteroatoms. The van der Waals surface area contributed by atoms with Gasteiger partial charge in [-0.05, 0) is 42.5 Å². The van der Waals surface area contributed by atoms with Gasteiger partial charge in [-0.1, -0.05) is 15.9 Å². The molecule has 0 aliphatic carbocycles. The first-order valence-electron chi connectivity index (χ1n) is 5.85. The van der Waals surface area contributed by atoms with E-state index in [-0.39, 0.29) is 18.1 Å². The molecule has 0 fully saturated rings. The van der Waals surface area contributed by atoms with Gasteiger partial charge in [0.05, 0.1) is 7.11 Å². The van der Waals surface area contributed by atoms with Gasteiger partial charge >= 0.3 is 0 Å². The smallest absolute Gasteiger partial charge is 0.200 e. The molecule has 0 radical (unpaired) electrons. The molecule has 0 saturated carbocycles. The van der Waals surface area contributed by atoms with Crippen LogP contribution in [0.2, 0.25) is 0 Å². The van der Waals surface area contributed by atoms with Crippen LogP contribution in [0.4, 0.5) is 4.39 Å². The molecule has 0 saturated heterocycles. The lowest BCUT2D eigenvalue weighted by molar-refractivity contribution is 0.0918. The molecule has 0 aliphatic rings. The van der Waals surface area contributed by atoms with Crippen LogP contribution in [0, 0.1) is 5.82 Å². The first-order chi connectivity index (χ1) is 9.60. The van der Waals surface area contributed by atoms with E-state index < -0.39 is 5.82 Å². The van der Waals surface area contributed by atoms with Crippen molar-refractivity contribution >= 4 is 21.7 Å². The second-order valence-corrected chi connectivity index (χ2v) is 4.93. The summed E-state index contributed by atoms with van der Waals surface area (Å²) >= 11 is 3.15. The van der Waals surface area contributed by atoms with E-state index in [1.54, 1.807) is 37.4 Å². The predicted octanol–water partition coefficient (Wildman–Crippen LogP) is 3.86. The number of hydrogen-bond acceptors (Lipinski definition) is 3. The van der Waals surface area contributed by atoms with Crippen LogP contribution in [-0.2, 0) is 0 Å². The lowest BCUT2D eigenvalue weighted by Gasteiger charge is -2.07. The number of rotatable bonds is 5. The zero-order valence-corrected chi connectivity index (χ0v) is 12.3. The number of ether oxygens (including phenoxy) is 2. The quantitative estimate of drug-likeness (QED) is 0.776. The summed E-state index contributed by atoms with van der Waals surface area (Å²) < 4.78 is 24.3. The van der Waals surface area contributed by atoms with Crippen LogP contribution in [0.5, 0.6) is 11.5 Å². The zero-order valence-electron chi connectivity index (χ0n) is 10.7. The van der Waals surface area contributed by atoms with Crippen molar-refractivity contribution in [1.82, 2.24) is 0 Å². The number of carbonyl (C=O) groups excluding carboxylic acids is 1. The summed E-state index contributed by atoms with van der Waals surface area (Å²) in [7, 11) is 1.55. The Morgan fingerprint density at radius 3 is 2.50 bits per heavy atom. The van der Waals surface area contributed by atoms with Gasteiger partial charge in [-0.25, -0.2) is 4.39 Å².